The molecule has 0 unspecified atom stereocenters. The normalized spacial score (nSPS) is 11.2. The fraction of sp³-hybridized carbons (Fsp3) is 0.100. The van der Waals surface area contributed by atoms with E-state index < -0.39 is 0 Å². The minimum absolute atomic E-state index is 0.541. The van der Waals surface area contributed by atoms with Gasteiger partial charge < -0.3 is 25.1 Å². The molecule has 0 atom stereocenters. The molecule has 3 N–H and O–H groups in total. The topological polar surface area (TPSA) is 94.4 Å². The molecule has 1 heterocycles. The molecule has 2 aromatic carbocycles. The fourth-order valence-electron chi connectivity index (χ4n) is 2.28. The van der Waals surface area contributed by atoms with E-state index in [9.17, 15) is 0 Å². The maximum Gasteiger partial charge on any atom is 0.127 e. The second kappa shape index (κ2) is 8.53. The Morgan fingerprint density at radius 3 is 2.31 bits per heavy atom. The molecule has 0 spiro atoms. The van der Waals surface area contributed by atoms with E-state index in [-0.39, 0.29) is 0 Å². The van der Waals surface area contributed by atoms with Gasteiger partial charge in [-0.2, -0.15) is 0 Å². The first-order chi connectivity index (χ1) is 12.7. The van der Waals surface area contributed by atoms with Crippen LogP contribution in [-0.4, -0.2) is 18.0 Å². The summed E-state index contributed by atoms with van der Waals surface area (Å²) in [6, 6.07) is 14.8. The minimum atomic E-state index is 0.541. The van der Waals surface area contributed by atoms with Crippen molar-refractivity contribution < 1.29 is 14.0 Å². The summed E-state index contributed by atoms with van der Waals surface area (Å²) in [5, 5.41) is 10.7. The molecule has 3 aromatic rings. The van der Waals surface area contributed by atoms with Gasteiger partial charge in [-0.15, -0.1) is 0 Å². The highest BCUT2D eigenvalue weighted by Gasteiger charge is 2.02. The Hall–Kier alpha value is -3.54. The lowest BCUT2D eigenvalue weighted by Gasteiger charge is -2.09. The second-order valence-electron chi connectivity index (χ2n) is 5.52. The Morgan fingerprint density at radius 1 is 1.04 bits per heavy atom. The van der Waals surface area contributed by atoms with Crippen molar-refractivity contribution in [3.63, 3.8) is 0 Å². The number of benzene rings is 2. The van der Waals surface area contributed by atoms with E-state index in [0.717, 1.165) is 29.5 Å². The number of rotatable bonds is 8. The number of aromatic nitrogens is 1. The number of hydrogen-bond donors (Lipinski definition) is 2. The van der Waals surface area contributed by atoms with Gasteiger partial charge in [0.05, 0.1) is 12.8 Å². The third-order valence-corrected chi connectivity index (χ3v) is 3.65. The van der Waals surface area contributed by atoms with Gasteiger partial charge in [-0.25, -0.2) is 0 Å². The minimum Gasteiger partial charge on any atom is -0.493 e. The lowest BCUT2D eigenvalue weighted by Crippen LogP contribution is -2.00. The van der Waals surface area contributed by atoms with Crippen LogP contribution in [0.5, 0.6) is 17.2 Å². The maximum absolute atomic E-state index is 7.05. The molecular weight excluding hydrogens is 330 g/mol. The van der Waals surface area contributed by atoms with Gasteiger partial charge in [0.25, 0.3) is 0 Å². The van der Waals surface area contributed by atoms with Crippen molar-refractivity contribution >= 4 is 11.9 Å². The standard InChI is InChI=1S/C20H19N3O3/c21-11-9-20(22)16-1-3-18(4-2-16)26-19-7-5-17(6-8-19)24-12-10-15-13-23-25-14-15/h1-9,11,13-14,21H,10,12,22H2/b20-9-,21-11?. The van der Waals surface area contributed by atoms with Gasteiger partial charge in [0.15, 0.2) is 0 Å². The predicted octanol–water partition coefficient (Wildman–Crippen LogP) is 4.04. The van der Waals surface area contributed by atoms with Gasteiger partial charge in [0.1, 0.15) is 23.5 Å². The average Bonchev–Trinajstić information content (AvgIpc) is 3.17. The van der Waals surface area contributed by atoms with Crippen LogP contribution in [0.2, 0.25) is 0 Å². The third kappa shape index (κ3) is 4.73. The molecule has 0 aliphatic rings. The highest BCUT2D eigenvalue weighted by molar-refractivity contribution is 5.81. The molecular formula is C20H19N3O3. The third-order valence-electron chi connectivity index (χ3n) is 3.65. The van der Waals surface area contributed by atoms with Crippen LogP contribution in [-0.2, 0) is 6.42 Å². The number of allylic oxidation sites excluding steroid dienone is 1. The molecule has 26 heavy (non-hydrogen) atoms. The zero-order valence-corrected chi connectivity index (χ0v) is 14.1. The molecule has 132 valence electrons. The summed E-state index contributed by atoms with van der Waals surface area (Å²) in [6.45, 7) is 0.549. The van der Waals surface area contributed by atoms with E-state index in [1.54, 1.807) is 12.5 Å². The Kier molecular flexibility index (Phi) is 5.67. The summed E-state index contributed by atoms with van der Waals surface area (Å²) in [5.74, 6) is 2.19. The molecule has 6 nitrogen and oxygen atoms in total. The number of nitrogens with one attached hydrogen (secondary N) is 1. The maximum atomic E-state index is 7.05. The van der Waals surface area contributed by atoms with E-state index in [1.165, 1.54) is 6.08 Å². The molecule has 0 saturated carbocycles. The van der Waals surface area contributed by atoms with E-state index in [1.807, 2.05) is 48.5 Å². The lowest BCUT2D eigenvalue weighted by atomic mass is 10.1. The van der Waals surface area contributed by atoms with E-state index in [2.05, 4.69) is 5.16 Å². The first-order valence-corrected chi connectivity index (χ1v) is 8.10. The van der Waals surface area contributed by atoms with Gasteiger partial charge in [0, 0.05) is 23.9 Å². The van der Waals surface area contributed by atoms with Crippen LogP contribution >= 0.6 is 0 Å². The highest BCUT2D eigenvalue weighted by Crippen LogP contribution is 2.25. The summed E-state index contributed by atoms with van der Waals surface area (Å²) in [6.07, 6.45) is 6.73. The van der Waals surface area contributed by atoms with Crippen molar-refractivity contribution in [1.82, 2.24) is 5.16 Å². The number of nitrogens with zero attached hydrogens (tertiary/aromatic N) is 1. The van der Waals surface area contributed by atoms with E-state index >= 15 is 0 Å². The fourth-order valence-corrected chi connectivity index (χ4v) is 2.28. The van der Waals surface area contributed by atoms with Gasteiger partial charge in [-0.05, 0) is 60.2 Å². The lowest BCUT2D eigenvalue weighted by molar-refractivity contribution is 0.321. The summed E-state index contributed by atoms with van der Waals surface area (Å²) in [7, 11) is 0. The zero-order valence-electron chi connectivity index (χ0n) is 14.1. The Bertz CT molecular complexity index is 854. The van der Waals surface area contributed by atoms with E-state index in [0.29, 0.717) is 23.8 Å². The molecule has 0 fully saturated rings. The van der Waals surface area contributed by atoms with Gasteiger partial charge in [-0.1, -0.05) is 5.16 Å². The average molecular weight is 349 g/mol. The van der Waals surface area contributed by atoms with Crippen molar-refractivity contribution in [1.29, 1.82) is 5.41 Å². The van der Waals surface area contributed by atoms with Crippen LogP contribution in [0.4, 0.5) is 0 Å². The molecule has 0 bridgehead atoms. The Labute approximate surface area is 151 Å². The van der Waals surface area contributed by atoms with Crippen molar-refractivity contribution in [3.8, 4) is 17.2 Å². The van der Waals surface area contributed by atoms with Crippen LogP contribution in [0.15, 0.2) is 71.6 Å². The quantitative estimate of drug-likeness (QED) is 0.599. The van der Waals surface area contributed by atoms with Gasteiger partial charge in [-0.3, -0.25) is 0 Å². The summed E-state index contributed by atoms with van der Waals surface area (Å²) >= 11 is 0. The summed E-state index contributed by atoms with van der Waals surface area (Å²) < 4.78 is 16.3. The summed E-state index contributed by atoms with van der Waals surface area (Å²) in [4.78, 5) is 0. The number of ether oxygens (including phenoxy) is 2. The smallest absolute Gasteiger partial charge is 0.127 e. The van der Waals surface area contributed by atoms with Crippen LogP contribution in [0, 0.1) is 5.41 Å². The SMILES string of the molecule is N=C/C=C(\N)c1ccc(Oc2ccc(OCCc3cnoc3)cc2)cc1. The first kappa shape index (κ1) is 17.3. The number of nitrogens with two attached hydrogens (primary N) is 1. The molecule has 0 radical (unpaired) electrons. The van der Waals surface area contributed by atoms with Crippen LogP contribution in [0.25, 0.3) is 5.70 Å². The first-order valence-electron chi connectivity index (χ1n) is 8.10. The molecule has 1 aromatic heterocycles. The Balaban J connectivity index is 1.53. The van der Waals surface area contributed by atoms with Crippen molar-refractivity contribution in [2.75, 3.05) is 6.61 Å². The monoisotopic (exact) mass is 349 g/mol. The molecule has 0 saturated heterocycles. The zero-order chi connectivity index (χ0) is 18.2. The van der Waals surface area contributed by atoms with Crippen molar-refractivity contribution in [2.45, 2.75) is 6.42 Å². The van der Waals surface area contributed by atoms with Crippen LogP contribution < -0.4 is 15.2 Å². The molecule has 3 rings (SSSR count). The number of hydrogen-bond acceptors (Lipinski definition) is 6. The van der Waals surface area contributed by atoms with Gasteiger partial charge in [0.2, 0.25) is 0 Å². The van der Waals surface area contributed by atoms with Crippen molar-refractivity contribution in [2.24, 2.45) is 5.73 Å². The molecule has 0 amide bonds. The van der Waals surface area contributed by atoms with Crippen molar-refractivity contribution in [3.05, 3.63) is 78.2 Å². The predicted molar refractivity (Wildman–Crippen MR) is 99.6 cm³/mol. The van der Waals surface area contributed by atoms with Crippen LogP contribution in [0.1, 0.15) is 11.1 Å². The molecule has 0 aliphatic heterocycles. The van der Waals surface area contributed by atoms with Gasteiger partial charge >= 0.3 is 0 Å². The molecule has 6 heteroatoms. The second-order valence-corrected chi connectivity index (χ2v) is 5.52. The highest BCUT2D eigenvalue weighted by atomic mass is 16.5. The summed E-state index contributed by atoms with van der Waals surface area (Å²) in [5.41, 5.74) is 8.23. The largest absolute Gasteiger partial charge is 0.493 e. The Morgan fingerprint density at radius 2 is 1.69 bits per heavy atom. The molecule has 0 aliphatic carbocycles. The van der Waals surface area contributed by atoms with E-state index in [4.69, 9.17) is 25.1 Å². The van der Waals surface area contributed by atoms with Crippen LogP contribution in [0.3, 0.4) is 0 Å².